The fourth-order valence-corrected chi connectivity index (χ4v) is 1.83. The molecule has 5 nitrogen and oxygen atoms in total. The van der Waals surface area contributed by atoms with Gasteiger partial charge in [0.15, 0.2) is 11.5 Å². The molecule has 0 atom stereocenters. The first-order valence-electron chi connectivity index (χ1n) is 6.68. The van der Waals surface area contributed by atoms with Crippen LogP contribution in [0.4, 0.5) is 0 Å². The summed E-state index contributed by atoms with van der Waals surface area (Å²) in [4.78, 5) is 0. The van der Waals surface area contributed by atoms with E-state index in [1.54, 1.807) is 21.0 Å². The van der Waals surface area contributed by atoms with Gasteiger partial charge < -0.3 is 24.6 Å². The second-order valence-corrected chi connectivity index (χ2v) is 6.07. The lowest BCUT2D eigenvalue weighted by Crippen LogP contribution is -2.55. The highest BCUT2D eigenvalue weighted by atomic mass is 16.7. The molecule has 2 N–H and O–H groups in total. The van der Waals surface area contributed by atoms with E-state index >= 15 is 0 Å². The van der Waals surface area contributed by atoms with Crippen molar-refractivity contribution in [1.29, 1.82) is 0 Å². The number of aliphatic hydroxyl groups is 1. The van der Waals surface area contributed by atoms with Gasteiger partial charge >= 0.3 is 0 Å². The lowest BCUT2D eigenvalue weighted by Gasteiger charge is -2.38. The van der Waals surface area contributed by atoms with Gasteiger partial charge in [0.25, 0.3) is 0 Å². The van der Waals surface area contributed by atoms with Gasteiger partial charge in [-0.25, -0.2) is 0 Å². The molecule has 1 aromatic carbocycles. The molecule has 0 fully saturated rings. The zero-order valence-electron chi connectivity index (χ0n) is 12.7. The van der Waals surface area contributed by atoms with Crippen LogP contribution in [0.15, 0.2) is 12.1 Å². The molecule has 0 saturated heterocycles. The Balaban J connectivity index is 2.15. The lowest BCUT2D eigenvalue weighted by molar-refractivity contribution is -0.00532. The van der Waals surface area contributed by atoms with Crippen molar-refractivity contribution >= 4 is 0 Å². The molecule has 0 aliphatic carbocycles. The van der Waals surface area contributed by atoms with Crippen LogP contribution in [-0.2, 0) is 6.54 Å². The Labute approximate surface area is 119 Å². The van der Waals surface area contributed by atoms with Gasteiger partial charge in [0, 0.05) is 12.1 Å². The van der Waals surface area contributed by atoms with Crippen molar-refractivity contribution in [3.05, 3.63) is 17.7 Å². The van der Waals surface area contributed by atoms with Crippen LogP contribution in [0.3, 0.4) is 0 Å². The average Bonchev–Trinajstić information content (AvgIpc) is 2.82. The van der Waals surface area contributed by atoms with E-state index in [0.29, 0.717) is 23.8 Å². The van der Waals surface area contributed by atoms with Gasteiger partial charge in [-0.2, -0.15) is 0 Å². The zero-order valence-corrected chi connectivity index (χ0v) is 12.7. The fraction of sp³-hybridized carbons (Fsp3) is 0.600. The second kappa shape index (κ2) is 5.14. The van der Waals surface area contributed by atoms with Gasteiger partial charge in [0.05, 0.1) is 12.7 Å². The Hall–Kier alpha value is -1.46. The standard InChI is InChI=1S/C15H23NO4/c1-14(2,15(3,4)17)16-8-10-6-11(18-5)13-12(7-10)19-9-20-13/h6-7,16-17H,8-9H2,1-5H3. The molecule has 2 rings (SSSR count). The number of rotatable bonds is 5. The molecule has 5 heteroatoms. The third-order valence-corrected chi connectivity index (χ3v) is 3.98. The predicted octanol–water partition coefficient (Wildman–Crippen LogP) is 2.06. The molecule has 20 heavy (non-hydrogen) atoms. The SMILES string of the molecule is COc1cc(CNC(C)(C)C(C)(C)O)cc2c1OCO2. The number of ether oxygens (including phenoxy) is 3. The number of methoxy groups -OCH3 is 1. The van der Waals surface area contributed by atoms with E-state index in [2.05, 4.69) is 5.32 Å². The minimum atomic E-state index is -0.826. The van der Waals surface area contributed by atoms with Gasteiger partial charge in [0.2, 0.25) is 12.5 Å². The van der Waals surface area contributed by atoms with E-state index in [9.17, 15) is 5.11 Å². The third kappa shape index (κ3) is 2.83. The van der Waals surface area contributed by atoms with Crippen molar-refractivity contribution in [1.82, 2.24) is 5.32 Å². The highest BCUT2D eigenvalue weighted by molar-refractivity contribution is 5.55. The van der Waals surface area contributed by atoms with Crippen molar-refractivity contribution in [2.45, 2.75) is 45.4 Å². The maximum Gasteiger partial charge on any atom is 0.231 e. The Morgan fingerprint density at radius 1 is 1.25 bits per heavy atom. The molecule has 0 spiro atoms. The second-order valence-electron chi connectivity index (χ2n) is 6.07. The third-order valence-electron chi connectivity index (χ3n) is 3.98. The summed E-state index contributed by atoms with van der Waals surface area (Å²) in [6.07, 6.45) is 0. The summed E-state index contributed by atoms with van der Waals surface area (Å²) in [6, 6.07) is 3.85. The van der Waals surface area contributed by atoms with Crippen LogP contribution in [0.1, 0.15) is 33.3 Å². The van der Waals surface area contributed by atoms with Crippen molar-refractivity contribution in [2.75, 3.05) is 13.9 Å². The molecule has 0 unspecified atom stereocenters. The maximum absolute atomic E-state index is 10.1. The van der Waals surface area contributed by atoms with Crippen LogP contribution in [0.2, 0.25) is 0 Å². The molecule has 1 heterocycles. The number of hydrogen-bond acceptors (Lipinski definition) is 5. The molecule has 0 radical (unpaired) electrons. The Bertz CT molecular complexity index is 491. The van der Waals surface area contributed by atoms with Crippen LogP contribution >= 0.6 is 0 Å². The monoisotopic (exact) mass is 281 g/mol. The van der Waals surface area contributed by atoms with Gasteiger partial charge in [-0.3, -0.25) is 0 Å². The van der Waals surface area contributed by atoms with Crippen LogP contribution in [0.5, 0.6) is 17.2 Å². The molecule has 0 saturated carbocycles. The van der Waals surface area contributed by atoms with E-state index in [1.165, 1.54) is 0 Å². The van der Waals surface area contributed by atoms with E-state index < -0.39 is 11.1 Å². The summed E-state index contributed by atoms with van der Waals surface area (Å²) >= 11 is 0. The van der Waals surface area contributed by atoms with Crippen LogP contribution in [0.25, 0.3) is 0 Å². The smallest absolute Gasteiger partial charge is 0.231 e. The number of fused-ring (bicyclic) bond motifs is 1. The lowest BCUT2D eigenvalue weighted by atomic mass is 9.86. The molecular formula is C15H23NO4. The summed E-state index contributed by atoms with van der Waals surface area (Å²) in [7, 11) is 1.61. The van der Waals surface area contributed by atoms with Crippen LogP contribution < -0.4 is 19.5 Å². The predicted molar refractivity (Wildman–Crippen MR) is 76.3 cm³/mol. The van der Waals surface area contributed by atoms with Crippen molar-refractivity contribution in [2.24, 2.45) is 0 Å². The summed E-state index contributed by atoms with van der Waals surface area (Å²) in [5.41, 5.74) is -0.229. The zero-order chi connectivity index (χ0) is 15.0. The fourth-order valence-electron chi connectivity index (χ4n) is 1.83. The van der Waals surface area contributed by atoms with Crippen LogP contribution in [0, 0.1) is 0 Å². The van der Waals surface area contributed by atoms with E-state index in [1.807, 2.05) is 26.0 Å². The quantitative estimate of drug-likeness (QED) is 0.865. The summed E-state index contributed by atoms with van der Waals surface area (Å²) in [5, 5.41) is 13.5. The Morgan fingerprint density at radius 2 is 1.95 bits per heavy atom. The first kappa shape index (κ1) is 14.9. The molecular weight excluding hydrogens is 258 g/mol. The maximum atomic E-state index is 10.1. The summed E-state index contributed by atoms with van der Waals surface area (Å²) in [5.74, 6) is 2.01. The molecule has 112 valence electrons. The van der Waals surface area contributed by atoms with Gasteiger partial charge in [-0.1, -0.05) is 0 Å². The van der Waals surface area contributed by atoms with E-state index in [4.69, 9.17) is 14.2 Å². The highest BCUT2D eigenvalue weighted by Gasteiger charge is 2.34. The van der Waals surface area contributed by atoms with Crippen LogP contribution in [-0.4, -0.2) is 30.1 Å². The summed E-state index contributed by atoms with van der Waals surface area (Å²) in [6.45, 7) is 8.34. The normalized spacial score (nSPS) is 14.5. The van der Waals surface area contributed by atoms with Crippen molar-refractivity contribution < 1.29 is 19.3 Å². The molecule has 0 amide bonds. The molecule has 0 bridgehead atoms. The van der Waals surface area contributed by atoms with Gasteiger partial charge in [-0.15, -0.1) is 0 Å². The molecule has 1 aliphatic rings. The first-order chi connectivity index (χ1) is 9.24. The number of nitrogens with one attached hydrogen (secondary N) is 1. The number of benzene rings is 1. The topological polar surface area (TPSA) is 60.0 Å². The Morgan fingerprint density at radius 3 is 2.55 bits per heavy atom. The first-order valence-corrected chi connectivity index (χ1v) is 6.68. The van der Waals surface area contributed by atoms with Crippen molar-refractivity contribution in [3.63, 3.8) is 0 Å². The summed E-state index contributed by atoms with van der Waals surface area (Å²) < 4.78 is 16.1. The Kier molecular flexibility index (Phi) is 3.84. The van der Waals surface area contributed by atoms with Crippen molar-refractivity contribution in [3.8, 4) is 17.2 Å². The molecule has 1 aromatic rings. The van der Waals surface area contributed by atoms with E-state index in [-0.39, 0.29) is 6.79 Å². The molecule has 0 aromatic heterocycles. The average molecular weight is 281 g/mol. The van der Waals surface area contributed by atoms with E-state index in [0.717, 1.165) is 5.56 Å². The highest BCUT2D eigenvalue weighted by Crippen LogP contribution is 2.41. The minimum absolute atomic E-state index is 0.220. The minimum Gasteiger partial charge on any atom is -0.493 e. The van der Waals surface area contributed by atoms with Gasteiger partial charge in [0.1, 0.15) is 0 Å². The molecule has 1 aliphatic heterocycles. The number of hydrogen-bond donors (Lipinski definition) is 2. The van der Waals surface area contributed by atoms with Gasteiger partial charge in [-0.05, 0) is 45.4 Å². The largest absolute Gasteiger partial charge is 0.493 e.